The van der Waals surface area contributed by atoms with Gasteiger partial charge in [0.05, 0.1) is 0 Å². The van der Waals surface area contributed by atoms with Gasteiger partial charge in [0, 0.05) is 19.9 Å². The van der Waals surface area contributed by atoms with E-state index in [1.807, 2.05) is 0 Å². The molecule has 0 aromatic heterocycles. The molecule has 1 saturated heterocycles. The second-order valence-corrected chi connectivity index (χ2v) is 6.74. The average Bonchev–Trinajstić information content (AvgIpc) is 2.17. The Labute approximate surface area is 80.7 Å². The Bertz CT molecular complexity index is 190. The van der Waals surface area contributed by atoms with Crippen molar-refractivity contribution in [2.45, 2.75) is 19.3 Å². The minimum atomic E-state index is -2.26. The Balaban J connectivity index is 2.21. The van der Waals surface area contributed by atoms with Gasteiger partial charge in [-0.05, 0) is 38.3 Å². The van der Waals surface area contributed by atoms with Crippen molar-refractivity contribution in [1.82, 2.24) is 5.32 Å². The second kappa shape index (κ2) is 5.14. The van der Waals surface area contributed by atoms with Gasteiger partial charge in [-0.1, -0.05) is 0 Å². The van der Waals surface area contributed by atoms with Crippen molar-refractivity contribution in [2.24, 2.45) is 5.92 Å². The van der Waals surface area contributed by atoms with Crippen LogP contribution in [0.2, 0.25) is 0 Å². The topological polar surface area (TPSA) is 38.3 Å². The SMILES string of the molecule is COP(C)(=O)CCC1CCNCC1. The molecule has 0 aromatic carbocycles. The van der Waals surface area contributed by atoms with E-state index in [-0.39, 0.29) is 0 Å². The van der Waals surface area contributed by atoms with Crippen LogP contribution in [0.4, 0.5) is 0 Å². The van der Waals surface area contributed by atoms with Gasteiger partial charge in [0.15, 0.2) is 7.37 Å². The molecule has 0 amide bonds. The fraction of sp³-hybridized carbons (Fsp3) is 1.00. The van der Waals surface area contributed by atoms with Crippen LogP contribution in [0.3, 0.4) is 0 Å². The standard InChI is InChI=1S/C9H20NO2P/c1-12-13(2,11)8-5-9-3-6-10-7-4-9/h9-10H,3-8H2,1-2H3. The summed E-state index contributed by atoms with van der Waals surface area (Å²) >= 11 is 0. The van der Waals surface area contributed by atoms with Crippen molar-refractivity contribution in [3.63, 3.8) is 0 Å². The predicted molar refractivity (Wildman–Crippen MR) is 55.6 cm³/mol. The summed E-state index contributed by atoms with van der Waals surface area (Å²) in [6.07, 6.45) is 4.25. The normalized spacial score (nSPS) is 24.2. The van der Waals surface area contributed by atoms with Crippen LogP contribution in [-0.4, -0.2) is 33.0 Å². The summed E-state index contributed by atoms with van der Waals surface area (Å²) in [5.74, 6) is 0.754. The summed E-state index contributed by atoms with van der Waals surface area (Å²) in [6, 6.07) is 0. The molecule has 0 bridgehead atoms. The molecule has 0 radical (unpaired) electrons. The van der Waals surface area contributed by atoms with Crippen LogP contribution in [0.25, 0.3) is 0 Å². The summed E-state index contributed by atoms with van der Waals surface area (Å²) in [5, 5.41) is 3.33. The molecule has 1 aliphatic rings. The minimum Gasteiger partial charge on any atom is -0.332 e. The Kier molecular flexibility index (Phi) is 4.43. The van der Waals surface area contributed by atoms with Gasteiger partial charge in [0.25, 0.3) is 0 Å². The molecule has 13 heavy (non-hydrogen) atoms. The van der Waals surface area contributed by atoms with Crippen molar-refractivity contribution in [3.05, 3.63) is 0 Å². The van der Waals surface area contributed by atoms with Gasteiger partial charge in [0.2, 0.25) is 0 Å². The Morgan fingerprint density at radius 1 is 1.46 bits per heavy atom. The molecule has 0 aliphatic carbocycles. The first-order valence-electron chi connectivity index (χ1n) is 4.97. The Morgan fingerprint density at radius 3 is 2.62 bits per heavy atom. The highest BCUT2D eigenvalue weighted by Gasteiger charge is 2.18. The van der Waals surface area contributed by atoms with Crippen molar-refractivity contribution < 1.29 is 9.09 Å². The van der Waals surface area contributed by atoms with E-state index in [0.29, 0.717) is 0 Å². The monoisotopic (exact) mass is 205 g/mol. The zero-order valence-corrected chi connectivity index (χ0v) is 9.48. The van der Waals surface area contributed by atoms with E-state index in [2.05, 4.69) is 5.32 Å². The molecular formula is C9H20NO2P. The third-order valence-corrected chi connectivity index (χ3v) is 4.63. The molecule has 0 saturated carbocycles. The highest BCUT2D eigenvalue weighted by atomic mass is 31.2. The van der Waals surface area contributed by atoms with E-state index in [4.69, 9.17) is 4.52 Å². The van der Waals surface area contributed by atoms with Crippen molar-refractivity contribution in [1.29, 1.82) is 0 Å². The van der Waals surface area contributed by atoms with Gasteiger partial charge in [0.1, 0.15) is 0 Å². The molecule has 1 unspecified atom stereocenters. The van der Waals surface area contributed by atoms with Crippen molar-refractivity contribution in [2.75, 3.05) is 33.0 Å². The zero-order chi connectivity index (χ0) is 9.73. The van der Waals surface area contributed by atoms with E-state index in [0.717, 1.165) is 31.6 Å². The first-order chi connectivity index (χ1) is 6.14. The Hall–Kier alpha value is 0.150. The van der Waals surface area contributed by atoms with Crippen LogP contribution in [0.5, 0.6) is 0 Å². The van der Waals surface area contributed by atoms with Gasteiger partial charge in [-0.2, -0.15) is 0 Å². The number of nitrogens with one attached hydrogen (secondary N) is 1. The van der Waals surface area contributed by atoms with Gasteiger partial charge in [-0.3, -0.25) is 4.57 Å². The Morgan fingerprint density at radius 2 is 2.08 bits per heavy atom. The fourth-order valence-corrected chi connectivity index (χ4v) is 2.70. The molecule has 3 nitrogen and oxygen atoms in total. The summed E-state index contributed by atoms with van der Waals surface area (Å²) < 4.78 is 16.6. The molecular weight excluding hydrogens is 185 g/mol. The lowest BCUT2D eigenvalue weighted by Gasteiger charge is -2.23. The van der Waals surface area contributed by atoms with E-state index >= 15 is 0 Å². The average molecular weight is 205 g/mol. The number of rotatable bonds is 4. The van der Waals surface area contributed by atoms with Crippen LogP contribution in [-0.2, 0) is 9.09 Å². The number of piperidine rings is 1. The van der Waals surface area contributed by atoms with E-state index in [9.17, 15) is 4.57 Å². The lowest BCUT2D eigenvalue weighted by molar-refractivity contribution is 0.353. The second-order valence-electron chi connectivity index (χ2n) is 3.90. The zero-order valence-electron chi connectivity index (χ0n) is 8.58. The van der Waals surface area contributed by atoms with Crippen LogP contribution in [0.15, 0.2) is 0 Å². The predicted octanol–water partition coefficient (Wildman–Crippen LogP) is 1.93. The lowest BCUT2D eigenvalue weighted by Crippen LogP contribution is -2.28. The maximum absolute atomic E-state index is 11.6. The van der Waals surface area contributed by atoms with Gasteiger partial charge >= 0.3 is 0 Å². The van der Waals surface area contributed by atoms with Gasteiger partial charge in [-0.25, -0.2) is 0 Å². The summed E-state index contributed by atoms with van der Waals surface area (Å²) in [7, 11) is -0.716. The lowest BCUT2D eigenvalue weighted by atomic mass is 9.96. The molecule has 1 atom stereocenters. The van der Waals surface area contributed by atoms with E-state index in [1.54, 1.807) is 13.8 Å². The first-order valence-corrected chi connectivity index (χ1v) is 7.23. The number of hydrogen-bond donors (Lipinski definition) is 1. The quantitative estimate of drug-likeness (QED) is 0.713. The molecule has 1 N–H and O–H groups in total. The smallest absolute Gasteiger partial charge is 0.199 e. The van der Waals surface area contributed by atoms with Crippen molar-refractivity contribution >= 4 is 7.37 Å². The molecule has 0 spiro atoms. The van der Waals surface area contributed by atoms with Gasteiger partial charge < -0.3 is 9.84 Å². The van der Waals surface area contributed by atoms with Crippen LogP contribution < -0.4 is 5.32 Å². The van der Waals surface area contributed by atoms with E-state index < -0.39 is 7.37 Å². The van der Waals surface area contributed by atoms with Crippen LogP contribution in [0.1, 0.15) is 19.3 Å². The molecule has 0 aromatic rings. The van der Waals surface area contributed by atoms with Crippen LogP contribution in [0, 0.1) is 5.92 Å². The highest BCUT2D eigenvalue weighted by molar-refractivity contribution is 7.58. The summed E-state index contributed by atoms with van der Waals surface area (Å²) in [4.78, 5) is 0. The number of hydrogen-bond acceptors (Lipinski definition) is 3. The summed E-state index contributed by atoms with van der Waals surface area (Å²) in [5.41, 5.74) is 0. The van der Waals surface area contributed by atoms with Crippen LogP contribution >= 0.6 is 7.37 Å². The first kappa shape index (κ1) is 11.2. The third-order valence-electron chi connectivity index (χ3n) is 2.79. The largest absolute Gasteiger partial charge is 0.332 e. The molecule has 4 heteroatoms. The third kappa shape index (κ3) is 4.26. The minimum absolute atomic E-state index is 0.744. The fourth-order valence-electron chi connectivity index (χ4n) is 1.68. The van der Waals surface area contributed by atoms with E-state index in [1.165, 1.54) is 12.8 Å². The van der Waals surface area contributed by atoms with Gasteiger partial charge in [-0.15, -0.1) is 0 Å². The molecule has 78 valence electrons. The molecule has 1 fully saturated rings. The summed E-state index contributed by atoms with van der Waals surface area (Å²) in [6.45, 7) is 3.96. The highest BCUT2D eigenvalue weighted by Crippen LogP contribution is 2.43. The molecule has 1 aliphatic heterocycles. The maximum Gasteiger partial charge on any atom is 0.199 e. The maximum atomic E-state index is 11.6. The molecule has 1 rings (SSSR count). The molecule has 1 heterocycles. The van der Waals surface area contributed by atoms with Crippen molar-refractivity contribution in [3.8, 4) is 0 Å².